The molecule has 1 N–H and O–H groups in total. The molecule has 0 bridgehead atoms. The van der Waals surface area contributed by atoms with Crippen LogP contribution in [0.1, 0.15) is 5.69 Å². The average molecular weight is 245 g/mol. The van der Waals surface area contributed by atoms with Crippen LogP contribution >= 0.6 is 0 Å². The van der Waals surface area contributed by atoms with Crippen LogP contribution < -0.4 is 0 Å². The number of aliphatic imine (C=N–C) groups is 1. The number of aromatic hydroxyl groups is 1. The number of rotatable bonds is 3. The molecular formula is C12H11N3O3. The summed E-state index contributed by atoms with van der Waals surface area (Å²) in [6.45, 7) is 0. The van der Waals surface area contributed by atoms with Gasteiger partial charge in [0.15, 0.2) is 0 Å². The topological polar surface area (TPSA) is 80.7 Å². The maximum Gasteiger partial charge on any atom is 0.271 e. The Morgan fingerprint density at radius 1 is 1.44 bits per heavy atom. The van der Waals surface area contributed by atoms with E-state index in [2.05, 4.69) is 4.99 Å². The average Bonchev–Trinajstić information content (AvgIpc) is 2.73. The standard InChI is InChI=1S/C12H11N3O3/c1-14-6-2-3-10(14)8-13-11-7-9(15(17)18)4-5-12(11)16/h2-8,16H,1H3. The van der Waals surface area contributed by atoms with Gasteiger partial charge in [0.25, 0.3) is 5.69 Å². The third-order valence-electron chi connectivity index (χ3n) is 2.49. The Bertz CT molecular complexity index is 617. The molecule has 6 nitrogen and oxygen atoms in total. The molecule has 92 valence electrons. The molecule has 0 spiro atoms. The molecule has 0 aliphatic heterocycles. The number of aryl methyl sites for hydroxylation is 1. The fraction of sp³-hybridized carbons (Fsp3) is 0.0833. The molecule has 0 atom stereocenters. The molecule has 0 aliphatic rings. The van der Waals surface area contributed by atoms with E-state index in [0.29, 0.717) is 0 Å². The van der Waals surface area contributed by atoms with Crippen LogP contribution in [0.5, 0.6) is 5.75 Å². The van der Waals surface area contributed by atoms with Crippen LogP contribution in [0.3, 0.4) is 0 Å². The first-order chi connectivity index (χ1) is 8.58. The molecule has 0 amide bonds. The Hall–Kier alpha value is -2.63. The first-order valence-electron chi connectivity index (χ1n) is 5.21. The van der Waals surface area contributed by atoms with E-state index in [4.69, 9.17) is 0 Å². The molecule has 1 aromatic carbocycles. The molecule has 0 saturated carbocycles. The summed E-state index contributed by atoms with van der Waals surface area (Å²) < 4.78 is 1.85. The first-order valence-corrected chi connectivity index (χ1v) is 5.21. The highest BCUT2D eigenvalue weighted by atomic mass is 16.6. The molecule has 0 radical (unpaired) electrons. The number of non-ortho nitro benzene ring substituents is 1. The molecular weight excluding hydrogens is 234 g/mol. The predicted octanol–water partition coefficient (Wildman–Crippen LogP) is 2.39. The SMILES string of the molecule is Cn1cccc1C=Nc1cc([N+](=O)[O-])ccc1O. The third-order valence-corrected chi connectivity index (χ3v) is 2.49. The van der Waals surface area contributed by atoms with Crippen LogP contribution in [-0.4, -0.2) is 20.8 Å². The highest BCUT2D eigenvalue weighted by Crippen LogP contribution is 2.30. The van der Waals surface area contributed by atoms with Crippen molar-refractivity contribution in [2.24, 2.45) is 12.0 Å². The number of hydrogen-bond donors (Lipinski definition) is 1. The Morgan fingerprint density at radius 3 is 2.83 bits per heavy atom. The lowest BCUT2D eigenvalue weighted by Crippen LogP contribution is -1.92. The van der Waals surface area contributed by atoms with E-state index >= 15 is 0 Å². The van der Waals surface area contributed by atoms with Crippen LogP contribution in [0.25, 0.3) is 0 Å². The van der Waals surface area contributed by atoms with Crippen molar-refractivity contribution in [3.8, 4) is 5.75 Å². The van der Waals surface area contributed by atoms with E-state index in [1.807, 2.05) is 29.9 Å². The minimum absolute atomic E-state index is 0.0916. The van der Waals surface area contributed by atoms with Crippen molar-refractivity contribution in [1.82, 2.24) is 4.57 Å². The van der Waals surface area contributed by atoms with Gasteiger partial charge in [0.2, 0.25) is 0 Å². The van der Waals surface area contributed by atoms with E-state index in [1.165, 1.54) is 18.2 Å². The number of phenolic OH excluding ortho intramolecular Hbond substituents is 1. The maximum atomic E-state index is 10.6. The molecule has 1 heterocycles. The van der Waals surface area contributed by atoms with Crippen molar-refractivity contribution in [2.45, 2.75) is 0 Å². The smallest absolute Gasteiger partial charge is 0.271 e. The molecule has 0 unspecified atom stereocenters. The lowest BCUT2D eigenvalue weighted by atomic mass is 10.2. The van der Waals surface area contributed by atoms with Gasteiger partial charge in [0, 0.05) is 25.4 Å². The van der Waals surface area contributed by atoms with Crippen molar-refractivity contribution in [3.63, 3.8) is 0 Å². The van der Waals surface area contributed by atoms with Crippen molar-refractivity contribution in [3.05, 3.63) is 52.3 Å². The third kappa shape index (κ3) is 2.37. The Kier molecular flexibility index (Phi) is 3.09. The maximum absolute atomic E-state index is 10.6. The highest BCUT2D eigenvalue weighted by Gasteiger charge is 2.09. The lowest BCUT2D eigenvalue weighted by Gasteiger charge is -1.99. The zero-order valence-corrected chi connectivity index (χ0v) is 9.65. The number of aromatic nitrogens is 1. The zero-order chi connectivity index (χ0) is 13.1. The molecule has 6 heteroatoms. The minimum atomic E-state index is -0.527. The summed E-state index contributed by atoms with van der Waals surface area (Å²) in [5, 5.41) is 20.2. The van der Waals surface area contributed by atoms with Crippen LogP contribution in [0.2, 0.25) is 0 Å². The van der Waals surface area contributed by atoms with Gasteiger partial charge in [0.1, 0.15) is 11.4 Å². The quantitative estimate of drug-likeness (QED) is 0.512. The molecule has 1 aromatic heterocycles. The largest absolute Gasteiger partial charge is 0.506 e. The summed E-state index contributed by atoms with van der Waals surface area (Å²) in [5.74, 6) is -0.0916. The summed E-state index contributed by atoms with van der Waals surface area (Å²) in [6.07, 6.45) is 3.40. The van der Waals surface area contributed by atoms with E-state index in [-0.39, 0.29) is 17.1 Å². The van der Waals surface area contributed by atoms with Crippen LogP contribution in [0, 0.1) is 10.1 Å². The number of nitro benzene ring substituents is 1. The lowest BCUT2D eigenvalue weighted by molar-refractivity contribution is -0.384. The first kappa shape index (κ1) is 11.8. The van der Waals surface area contributed by atoms with Gasteiger partial charge < -0.3 is 9.67 Å². The number of benzene rings is 1. The number of phenols is 1. The number of nitrogens with zero attached hydrogens (tertiary/aromatic N) is 3. The van der Waals surface area contributed by atoms with Crippen LogP contribution in [0.4, 0.5) is 11.4 Å². The zero-order valence-electron chi connectivity index (χ0n) is 9.65. The van der Waals surface area contributed by atoms with Gasteiger partial charge in [-0.2, -0.15) is 0 Å². The van der Waals surface area contributed by atoms with E-state index in [0.717, 1.165) is 5.69 Å². The minimum Gasteiger partial charge on any atom is -0.506 e. The van der Waals surface area contributed by atoms with Gasteiger partial charge in [-0.1, -0.05) is 0 Å². The monoisotopic (exact) mass is 245 g/mol. The highest BCUT2D eigenvalue weighted by molar-refractivity contribution is 5.81. The van der Waals surface area contributed by atoms with Crippen LogP contribution in [0.15, 0.2) is 41.5 Å². The number of hydrogen-bond acceptors (Lipinski definition) is 4. The van der Waals surface area contributed by atoms with Gasteiger partial charge in [-0.15, -0.1) is 0 Å². The van der Waals surface area contributed by atoms with Crippen molar-refractivity contribution in [2.75, 3.05) is 0 Å². The van der Waals surface area contributed by atoms with Gasteiger partial charge >= 0.3 is 0 Å². The van der Waals surface area contributed by atoms with Gasteiger partial charge in [-0.25, -0.2) is 0 Å². The molecule has 2 aromatic rings. The number of nitro groups is 1. The summed E-state index contributed by atoms with van der Waals surface area (Å²) in [4.78, 5) is 14.1. The second-order valence-corrected chi connectivity index (χ2v) is 3.73. The summed E-state index contributed by atoms with van der Waals surface area (Å²) in [5.41, 5.74) is 0.901. The molecule has 0 aliphatic carbocycles. The van der Waals surface area contributed by atoms with Crippen molar-refractivity contribution in [1.29, 1.82) is 0 Å². The fourth-order valence-corrected chi connectivity index (χ4v) is 1.47. The Morgan fingerprint density at radius 2 is 2.22 bits per heavy atom. The van der Waals surface area contributed by atoms with Gasteiger partial charge in [-0.05, 0) is 18.2 Å². The van der Waals surface area contributed by atoms with Crippen molar-refractivity contribution < 1.29 is 10.0 Å². The summed E-state index contributed by atoms with van der Waals surface area (Å²) >= 11 is 0. The summed E-state index contributed by atoms with van der Waals surface area (Å²) in [6, 6.07) is 7.42. The molecule has 0 fully saturated rings. The van der Waals surface area contributed by atoms with E-state index in [1.54, 1.807) is 6.21 Å². The molecule has 0 saturated heterocycles. The predicted molar refractivity (Wildman–Crippen MR) is 67.4 cm³/mol. The Balaban J connectivity index is 2.34. The normalized spacial score (nSPS) is 10.9. The molecule has 2 rings (SSSR count). The second-order valence-electron chi connectivity index (χ2n) is 3.73. The van der Waals surface area contributed by atoms with Crippen LogP contribution in [-0.2, 0) is 7.05 Å². The molecule has 18 heavy (non-hydrogen) atoms. The van der Waals surface area contributed by atoms with E-state index in [9.17, 15) is 15.2 Å². The van der Waals surface area contributed by atoms with Gasteiger partial charge in [-0.3, -0.25) is 15.1 Å². The Labute approximate surface area is 103 Å². The second kappa shape index (κ2) is 4.70. The fourth-order valence-electron chi connectivity index (χ4n) is 1.47. The van der Waals surface area contributed by atoms with Gasteiger partial charge in [0.05, 0.1) is 16.8 Å². The van der Waals surface area contributed by atoms with Crippen molar-refractivity contribution >= 4 is 17.6 Å². The summed E-state index contributed by atoms with van der Waals surface area (Å²) in [7, 11) is 1.86. The van der Waals surface area contributed by atoms with E-state index < -0.39 is 4.92 Å².